The van der Waals surface area contributed by atoms with E-state index in [0.717, 1.165) is 0 Å². The van der Waals surface area contributed by atoms with Crippen LogP contribution in [0, 0.1) is 0 Å². The van der Waals surface area contributed by atoms with Gasteiger partial charge in [0.15, 0.2) is 0 Å². The molecule has 84 valence electrons. The van der Waals surface area contributed by atoms with E-state index in [2.05, 4.69) is 0 Å². The van der Waals surface area contributed by atoms with Gasteiger partial charge in [0.25, 0.3) is 0 Å². The number of ether oxygens (including phenoxy) is 4. The number of methoxy groups -OCH3 is 2. The van der Waals surface area contributed by atoms with Gasteiger partial charge < -0.3 is 18.9 Å². The Hall–Kier alpha value is -0.160. The largest absolute Gasteiger partial charge is 0.376 e. The quantitative estimate of drug-likeness (QED) is 0.680. The molecule has 0 saturated carbocycles. The summed E-state index contributed by atoms with van der Waals surface area (Å²) in [4.78, 5) is 0. The second-order valence-corrected chi connectivity index (χ2v) is 3.43. The van der Waals surface area contributed by atoms with Gasteiger partial charge in [0.1, 0.15) is 18.3 Å². The van der Waals surface area contributed by atoms with E-state index in [9.17, 15) is 0 Å². The van der Waals surface area contributed by atoms with Gasteiger partial charge in [-0.05, 0) is 13.8 Å². The molecule has 1 rings (SSSR count). The molecule has 0 radical (unpaired) electrons. The zero-order valence-electron chi connectivity index (χ0n) is 9.36. The lowest BCUT2D eigenvalue weighted by molar-refractivity contribution is -0.211. The Bertz CT molecular complexity index is 162. The van der Waals surface area contributed by atoms with E-state index in [1.807, 2.05) is 13.8 Å². The lowest BCUT2D eigenvalue weighted by Crippen LogP contribution is -2.54. The van der Waals surface area contributed by atoms with Gasteiger partial charge in [0.2, 0.25) is 0 Å². The maximum absolute atomic E-state index is 5.55. The number of hydrogen-bond donors (Lipinski definition) is 0. The molecule has 1 aliphatic rings. The fraction of sp³-hybridized carbons (Fsp3) is 1.00. The van der Waals surface area contributed by atoms with Crippen molar-refractivity contribution in [2.24, 2.45) is 0 Å². The van der Waals surface area contributed by atoms with Gasteiger partial charge in [-0.15, -0.1) is 0 Å². The van der Waals surface area contributed by atoms with Crippen LogP contribution >= 0.6 is 0 Å². The maximum Gasteiger partial charge on any atom is 0.114 e. The van der Waals surface area contributed by atoms with E-state index in [4.69, 9.17) is 18.9 Å². The molecule has 0 amide bonds. The molecular formula is C10H20O4. The Morgan fingerprint density at radius 2 is 1.86 bits per heavy atom. The minimum atomic E-state index is -0.0506. The van der Waals surface area contributed by atoms with Crippen molar-refractivity contribution in [1.29, 1.82) is 0 Å². The third-order valence-electron chi connectivity index (χ3n) is 2.60. The van der Waals surface area contributed by atoms with Crippen LogP contribution in [0.2, 0.25) is 0 Å². The molecule has 1 fully saturated rings. The molecule has 0 aromatic heterocycles. The molecule has 1 unspecified atom stereocenters. The van der Waals surface area contributed by atoms with Crippen molar-refractivity contribution in [3.05, 3.63) is 0 Å². The minimum Gasteiger partial charge on any atom is -0.376 e. The normalized spacial score (nSPS) is 38.6. The van der Waals surface area contributed by atoms with Crippen LogP contribution in [0.25, 0.3) is 0 Å². The Morgan fingerprint density at radius 3 is 2.36 bits per heavy atom. The molecule has 0 aromatic carbocycles. The maximum atomic E-state index is 5.55. The first-order chi connectivity index (χ1) is 6.74. The first kappa shape index (κ1) is 11.9. The van der Waals surface area contributed by atoms with Crippen molar-refractivity contribution in [2.45, 2.75) is 38.3 Å². The van der Waals surface area contributed by atoms with Crippen LogP contribution < -0.4 is 0 Å². The van der Waals surface area contributed by atoms with Crippen molar-refractivity contribution in [1.82, 2.24) is 0 Å². The molecule has 4 atom stereocenters. The number of hydrogen-bond acceptors (Lipinski definition) is 4. The fourth-order valence-corrected chi connectivity index (χ4v) is 1.88. The average molecular weight is 204 g/mol. The highest BCUT2D eigenvalue weighted by molar-refractivity contribution is 4.87. The molecule has 0 aliphatic carbocycles. The second kappa shape index (κ2) is 5.66. The predicted molar refractivity (Wildman–Crippen MR) is 52.4 cm³/mol. The van der Waals surface area contributed by atoms with Crippen LogP contribution in [0.5, 0.6) is 0 Å². The summed E-state index contributed by atoms with van der Waals surface area (Å²) in [5, 5.41) is 0. The van der Waals surface area contributed by atoms with Crippen LogP contribution in [0.4, 0.5) is 0 Å². The molecule has 4 nitrogen and oxygen atoms in total. The molecule has 0 bridgehead atoms. The molecule has 0 spiro atoms. The van der Waals surface area contributed by atoms with Crippen molar-refractivity contribution < 1.29 is 18.9 Å². The Balaban J connectivity index is 2.61. The van der Waals surface area contributed by atoms with Gasteiger partial charge in [-0.3, -0.25) is 0 Å². The van der Waals surface area contributed by atoms with Gasteiger partial charge in [0.05, 0.1) is 12.7 Å². The molecule has 1 saturated heterocycles. The Kier molecular flexibility index (Phi) is 4.81. The van der Waals surface area contributed by atoms with Crippen molar-refractivity contribution in [2.75, 3.05) is 27.4 Å². The lowest BCUT2D eigenvalue weighted by atomic mass is 10.0. The summed E-state index contributed by atoms with van der Waals surface area (Å²) in [7, 11) is 3.35. The molecule has 1 aliphatic heterocycles. The molecule has 4 heteroatoms. The summed E-state index contributed by atoms with van der Waals surface area (Å²) >= 11 is 0. The third kappa shape index (κ3) is 2.45. The standard InChI is InChI=1S/C10H20O4/c1-5-13-8-6-14-7(2)9(11-3)10(8)12-4/h7-10H,5-6H2,1-4H3/t7-,8?,9-,10-/m0/s1. The summed E-state index contributed by atoms with van der Waals surface area (Å²) in [6.45, 7) is 5.20. The summed E-state index contributed by atoms with van der Waals surface area (Å²) < 4.78 is 21.8. The van der Waals surface area contributed by atoms with Crippen molar-refractivity contribution in [3.63, 3.8) is 0 Å². The fourth-order valence-electron chi connectivity index (χ4n) is 1.88. The lowest BCUT2D eigenvalue weighted by Gasteiger charge is -2.39. The molecule has 0 N–H and O–H groups in total. The van der Waals surface area contributed by atoms with Gasteiger partial charge in [-0.25, -0.2) is 0 Å². The summed E-state index contributed by atoms with van der Waals surface area (Å²) in [6.07, 6.45) is -0.0539. The highest BCUT2D eigenvalue weighted by atomic mass is 16.6. The summed E-state index contributed by atoms with van der Waals surface area (Å²) in [6, 6.07) is 0. The Morgan fingerprint density at radius 1 is 1.21 bits per heavy atom. The first-order valence-corrected chi connectivity index (χ1v) is 5.03. The van der Waals surface area contributed by atoms with E-state index in [0.29, 0.717) is 13.2 Å². The number of rotatable bonds is 4. The van der Waals surface area contributed by atoms with Crippen LogP contribution in [0.3, 0.4) is 0 Å². The minimum absolute atomic E-state index is 0.0221. The molecule has 14 heavy (non-hydrogen) atoms. The average Bonchev–Trinajstić information content (AvgIpc) is 2.20. The summed E-state index contributed by atoms with van der Waals surface area (Å²) in [5.74, 6) is 0. The molecule has 0 aromatic rings. The Labute approximate surface area is 85.5 Å². The topological polar surface area (TPSA) is 36.9 Å². The van der Waals surface area contributed by atoms with Crippen LogP contribution in [0.15, 0.2) is 0 Å². The van der Waals surface area contributed by atoms with E-state index >= 15 is 0 Å². The zero-order chi connectivity index (χ0) is 10.6. The van der Waals surface area contributed by atoms with Gasteiger partial charge in [-0.2, -0.15) is 0 Å². The monoisotopic (exact) mass is 204 g/mol. The third-order valence-corrected chi connectivity index (χ3v) is 2.60. The van der Waals surface area contributed by atoms with E-state index in [-0.39, 0.29) is 24.4 Å². The van der Waals surface area contributed by atoms with E-state index in [1.165, 1.54) is 0 Å². The smallest absolute Gasteiger partial charge is 0.114 e. The second-order valence-electron chi connectivity index (χ2n) is 3.43. The predicted octanol–water partition coefficient (Wildman–Crippen LogP) is 0.840. The van der Waals surface area contributed by atoms with Crippen LogP contribution in [0.1, 0.15) is 13.8 Å². The highest BCUT2D eigenvalue weighted by Gasteiger charge is 2.39. The first-order valence-electron chi connectivity index (χ1n) is 5.03. The van der Waals surface area contributed by atoms with Gasteiger partial charge >= 0.3 is 0 Å². The van der Waals surface area contributed by atoms with Crippen molar-refractivity contribution >= 4 is 0 Å². The van der Waals surface area contributed by atoms with Gasteiger partial charge in [0, 0.05) is 20.8 Å². The van der Waals surface area contributed by atoms with Crippen LogP contribution in [-0.4, -0.2) is 51.8 Å². The van der Waals surface area contributed by atoms with E-state index < -0.39 is 0 Å². The van der Waals surface area contributed by atoms with Crippen molar-refractivity contribution in [3.8, 4) is 0 Å². The highest BCUT2D eigenvalue weighted by Crippen LogP contribution is 2.22. The summed E-state index contributed by atoms with van der Waals surface area (Å²) in [5.41, 5.74) is 0. The SMILES string of the molecule is CCOC1CO[C@@H](C)[C@H](OC)[C@H]1OC. The zero-order valence-corrected chi connectivity index (χ0v) is 9.36. The molecular weight excluding hydrogens is 184 g/mol. The van der Waals surface area contributed by atoms with Gasteiger partial charge in [-0.1, -0.05) is 0 Å². The van der Waals surface area contributed by atoms with E-state index in [1.54, 1.807) is 14.2 Å². The van der Waals surface area contributed by atoms with Crippen LogP contribution in [-0.2, 0) is 18.9 Å². The molecule has 1 heterocycles.